The van der Waals surface area contributed by atoms with E-state index in [1.54, 1.807) is 0 Å². The van der Waals surface area contributed by atoms with Crippen molar-refractivity contribution in [3.05, 3.63) is 35.4 Å². The Balaban J connectivity index is 2.67. The highest BCUT2D eigenvalue weighted by atomic mass is 16.7. The van der Waals surface area contributed by atoms with Crippen LogP contribution in [-0.4, -0.2) is 42.3 Å². The molecule has 0 aromatic heterocycles. The summed E-state index contributed by atoms with van der Waals surface area (Å²) in [5, 5.41) is 8.92. The van der Waals surface area contributed by atoms with Gasteiger partial charge in [0.1, 0.15) is 6.23 Å². The average Bonchev–Trinajstić information content (AvgIpc) is 2.51. The zero-order valence-corrected chi connectivity index (χ0v) is 14.9. The number of nitrogens with one attached hydrogen (secondary N) is 1. The number of aliphatic hydroxyl groups excluding tert-OH is 1. The van der Waals surface area contributed by atoms with Gasteiger partial charge in [-0.1, -0.05) is 38.1 Å². The SMILES string of the molecule is CC(C)Cc1ccccc1C(C)C(=O)NOC(C)N(C)CCO. The number of nitrogens with zero attached hydrogens (tertiary/aromatic N) is 1. The first-order chi connectivity index (χ1) is 10.9. The maximum atomic E-state index is 12.4. The molecule has 1 amide bonds. The van der Waals surface area contributed by atoms with Gasteiger partial charge in [0.05, 0.1) is 12.5 Å². The molecule has 2 atom stereocenters. The fraction of sp³-hybridized carbons (Fsp3) is 0.611. The maximum Gasteiger partial charge on any atom is 0.250 e. The molecule has 23 heavy (non-hydrogen) atoms. The molecule has 0 spiro atoms. The van der Waals surface area contributed by atoms with Crippen molar-refractivity contribution >= 4 is 5.91 Å². The third kappa shape index (κ3) is 6.29. The second kappa shape index (κ2) is 9.65. The van der Waals surface area contributed by atoms with E-state index in [2.05, 4.69) is 25.4 Å². The molecule has 5 nitrogen and oxygen atoms in total. The summed E-state index contributed by atoms with van der Waals surface area (Å²) in [6.45, 7) is 8.60. The first kappa shape index (κ1) is 19.6. The summed E-state index contributed by atoms with van der Waals surface area (Å²) in [6.07, 6.45) is 0.647. The number of hydrogen-bond donors (Lipinski definition) is 2. The van der Waals surface area contributed by atoms with Gasteiger partial charge < -0.3 is 5.11 Å². The van der Waals surface area contributed by atoms with Gasteiger partial charge in [-0.3, -0.25) is 14.5 Å². The van der Waals surface area contributed by atoms with E-state index >= 15 is 0 Å². The zero-order valence-electron chi connectivity index (χ0n) is 14.9. The minimum absolute atomic E-state index is 0.0527. The average molecular weight is 322 g/mol. The Hall–Kier alpha value is -1.43. The Bertz CT molecular complexity index is 491. The zero-order chi connectivity index (χ0) is 17.4. The van der Waals surface area contributed by atoms with Gasteiger partial charge in [-0.05, 0) is 44.4 Å². The number of hydroxylamine groups is 1. The van der Waals surface area contributed by atoms with Gasteiger partial charge in [0.25, 0.3) is 5.91 Å². The molecule has 0 fully saturated rings. The highest BCUT2D eigenvalue weighted by molar-refractivity contribution is 5.82. The molecular weight excluding hydrogens is 292 g/mol. The summed E-state index contributed by atoms with van der Waals surface area (Å²) in [5.74, 6) is 0.0977. The molecule has 0 bridgehead atoms. The van der Waals surface area contributed by atoms with E-state index in [1.165, 1.54) is 5.56 Å². The Kier molecular flexibility index (Phi) is 8.23. The highest BCUT2D eigenvalue weighted by Gasteiger charge is 2.20. The minimum atomic E-state index is -0.302. The second-order valence-corrected chi connectivity index (χ2v) is 6.41. The van der Waals surface area contributed by atoms with Crippen molar-refractivity contribution in [3.63, 3.8) is 0 Å². The Morgan fingerprint density at radius 2 is 1.91 bits per heavy atom. The smallest absolute Gasteiger partial charge is 0.250 e. The van der Waals surface area contributed by atoms with Crippen LogP contribution in [0.2, 0.25) is 0 Å². The topological polar surface area (TPSA) is 61.8 Å². The molecular formula is C18H30N2O3. The fourth-order valence-corrected chi connectivity index (χ4v) is 2.38. The summed E-state index contributed by atoms with van der Waals surface area (Å²) >= 11 is 0. The minimum Gasteiger partial charge on any atom is -0.395 e. The van der Waals surface area contributed by atoms with E-state index in [0.29, 0.717) is 12.5 Å². The largest absolute Gasteiger partial charge is 0.395 e. The highest BCUT2D eigenvalue weighted by Crippen LogP contribution is 2.22. The Morgan fingerprint density at radius 3 is 2.52 bits per heavy atom. The van der Waals surface area contributed by atoms with Gasteiger partial charge in [-0.25, -0.2) is 5.48 Å². The predicted octanol–water partition coefficient (Wildman–Crippen LogP) is 2.31. The summed E-state index contributed by atoms with van der Waals surface area (Å²) in [4.78, 5) is 19.6. The normalized spacial score (nSPS) is 14.1. The van der Waals surface area contributed by atoms with Crippen LogP contribution in [0, 0.1) is 5.92 Å². The van der Waals surface area contributed by atoms with Crippen LogP contribution in [0.3, 0.4) is 0 Å². The number of rotatable bonds is 9. The lowest BCUT2D eigenvalue weighted by atomic mass is 9.90. The predicted molar refractivity (Wildman–Crippen MR) is 91.8 cm³/mol. The molecule has 0 saturated heterocycles. The van der Waals surface area contributed by atoms with E-state index in [-0.39, 0.29) is 24.7 Å². The molecule has 2 unspecified atom stereocenters. The van der Waals surface area contributed by atoms with Gasteiger partial charge in [0.15, 0.2) is 0 Å². The molecule has 5 heteroatoms. The third-order valence-electron chi connectivity index (χ3n) is 3.95. The van der Waals surface area contributed by atoms with Crippen molar-refractivity contribution in [2.24, 2.45) is 5.92 Å². The quantitative estimate of drug-likeness (QED) is 0.541. The van der Waals surface area contributed by atoms with Crippen LogP contribution in [0.25, 0.3) is 0 Å². The van der Waals surface area contributed by atoms with Crippen LogP contribution < -0.4 is 5.48 Å². The maximum absolute atomic E-state index is 12.4. The molecule has 2 N–H and O–H groups in total. The van der Waals surface area contributed by atoms with E-state index < -0.39 is 0 Å². The lowest BCUT2D eigenvalue weighted by Crippen LogP contribution is -2.40. The van der Waals surface area contributed by atoms with Gasteiger partial charge in [-0.2, -0.15) is 0 Å². The van der Waals surface area contributed by atoms with E-state index in [0.717, 1.165) is 12.0 Å². The molecule has 1 rings (SSSR count). The van der Waals surface area contributed by atoms with Crippen molar-refractivity contribution in [2.45, 2.75) is 46.3 Å². The van der Waals surface area contributed by atoms with Crippen molar-refractivity contribution < 1.29 is 14.7 Å². The number of likely N-dealkylation sites (N-methyl/N-ethyl adjacent to an activating group) is 1. The number of benzene rings is 1. The lowest BCUT2D eigenvalue weighted by molar-refractivity contribution is -0.149. The van der Waals surface area contributed by atoms with Crippen LogP contribution in [0.1, 0.15) is 44.7 Å². The van der Waals surface area contributed by atoms with Crippen LogP contribution in [0.5, 0.6) is 0 Å². The standard InChI is InChI=1S/C18H30N2O3/c1-13(2)12-16-8-6-7-9-17(16)14(3)18(22)19-23-15(4)20(5)10-11-21/h6-9,13-15,21H,10-12H2,1-5H3,(H,19,22). The molecule has 1 aromatic rings. The van der Waals surface area contributed by atoms with Crippen LogP contribution >= 0.6 is 0 Å². The molecule has 0 heterocycles. The molecule has 0 aliphatic rings. The molecule has 0 aliphatic carbocycles. The molecule has 1 aromatic carbocycles. The second-order valence-electron chi connectivity index (χ2n) is 6.41. The van der Waals surface area contributed by atoms with Gasteiger partial charge >= 0.3 is 0 Å². The summed E-state index contributed by atoms with van der Waals surface area (Å²) < 4.78 is 0. The lowest BCUT2D eigenvalue weighted by Gasteiger charge is -2.24. The fourth-order valence-electron chi connectivity index (χ4n) is 2.38. The molecule has 0 radical (unpaired) electrons. The van der Waals surface area contributed by atoms with Gasteiger partial charge in [-0.15, -0.1) is 0 Å². The first-order valence-corrected chi connectivity index (χ1v) is 8.21. The van der Waals surface area contributed by atoms with Gasteiger partial charge in [0.2, 0.25) is 0 Å². The Labute approximate surface area is 139 Å². The van der Waals surface area contributed by atoms with Crippen molar-refractivity contribution in [3.8, 4) is 0 Å². The monoisotopic (exact) mass is 322 g/mol. The first-order valence-electron chi connectivity index (χ1n) is 8.21. The molecule has 0 aliphatic heterocycles. The Morgan fingerprint density at radius 1 is 1.26 bits per heavy atom. The number of carbonyl (C=O) groups is 1. The van der Waals surface area contributed by atoms with E-state index in [1.807, 2.05) is 44.0 Å². The van der Waals surface area contributed by atoms with Gasteiger partial charge in [0, 0.05) is 6.54 Å². The number of amides is 1. The van der Waals surface area contributed by atoms with Crippen LogP contribution in [-0.2, 0) is 16.1 Å². The van der Waals surface area contributed by atoms with Crippen LogP contribution in [0.4, 0.5) is 0 Å². The van der Waals surface area contributed by atoms with E-state index in [9.17, 15) is 4.79 Å². The van der Waals surface area contributed by atoms with Crippen molar-refractivity contribution in [2.75, 3.05) is 20.2 Å². The van der Waals surface area contributed by atoms with Crippen LogP contribution in [0.15, 0.2) is 24.3 Å². The van der Waals surface area contributed by atoms with E-state index in [4.69, 9.17) is 9.94 Å². The third-order valence-corrected chi connectivity index (χ3v) is 3.95. The summed E-state index contributed by atoms with van der Waals surface area (Å²) in [5.41, 5.74) is 4.78. The summed E-state index contributed by atoms with van der Waals surface area (Å²) in [6, 6.07) is 8.05. The van der Waals surface area contributed by atoms with Crippen molar-refractivity contribution in [1.29, 1.82) is 0 Å². The number of aliphatic hydroxyl groups is 1. The molecule has 0 saturated carbocycles. The number of hydrogen-bond acceptors (Lipinski definition) is 4. The summed E-state index contributed by atoms with van der Waals surface area (Å²) in [7, 11) is 1.83. The number of carbonyl (C=O) groups excluding carboxylic acids is 1. The molecule has 130 valence electrons. The van der Waals surface area contributed by atoms with Crippen molar-refractivity contribution in [1.82, 2.24) is 10.4 Å².